The third-order valence-corrected chi connectivity index (χ3v) is 29.7. The van der Waals surface area contributed by atoms with E-state index in [9.17, 15) is 0 Å². The summed E-state index contributed by atoms with van der Waals surface area (Å²) in [5, 5.41) is 17.7. The lowest BCUT2D eigenvalue weighted by Crippen LogP contribution is -2.05. The summed E-state index contributed by atoms with van der Waals surface area (Å²) in [7, 11) is 0. The third kappa shape index (κ3) is 11.5. The number of aryl methyl sites for hydroxylation is 1. The van der Waals surface area contributed by atoms with Crippen molar-refractivity contribution in [3.05, 3.63) is 467 Å². The predicted octanol–water partition coefficient (Wildman–Crippen LogP) is 32.2. The van der Waals surface area contributed by atoms with E-state index in [1.165, 1.54) is 54.0 Å². The summed E-state index contributed by atoms with van der Waals surface area (Å²) in [5.74, 6) is 0.554. The van der Waals surface area contributed by atoms with Crippen LogP contribution in [0.3, 0.4) is 0 Å². The van der Waals surface area contributed by atoms with E-state index in [1.54, 1.807) is 0 Å². The first kappa shape index (κ1) is 77.6. The molecule has 11 aromatic heterocycles. The molecule has 0 unspecified atom stereocenters. The topological polar surface area (TPSA) is 91.0 Å². The fourth-order valence-electron chi connectivity index (χ4n) is 23.7. The van der Waals surface area contributed by atoms with Crippen molar-refractivity contribution >= 4 is 170 Å². The fourth-order valence-corrected chi connectivity index (χ4v) is 23.7. The molecule has 0 spiro atoms. The molecule has 18 aromatic carbocycles. The summed E-state index contributed by atoms with van der Waals surface area (Å²) < 4.78 is 19.8. The molecule has 0 saturated carbocycles. The molecule has 140 heavy (non-hydrogen) atoms. The van der Waals surface area contributed by atoms with Gasteiger partial charge >= 0.3 is 0 Å². The molecule has 0 atom stereocenters. The number of para-hydroxylation sites is 11. The van der Waals surface area contributed by atoms with Crippen LogP contribution in [0.4, 0.5) is 0 Å². The zero-order valence-corrected chi connectivity index (χ0v) is 75.7. The molecule has 12 nitrogen and oxygen atoms in total. The van der Waals surface area contributed by atoms with Crippen molar-refractivity contribution in [2.45, 2.75) is 12.8 Å². The SMILES string of the molecule is C1=Cc2c(c3cc4c5ccccc5n(-c5ccccc5)c4cc3n2-c2ccc(-c3nc(-c4ccccc4)cc(-c4ccc(-n5c6ccccc6c6cc7c8ccccc8n(-c8ccccc8)c7cc65)c(-c5cnccc5-n5c6ccccc6c6cc7c8ccccc8n(-c8ccccc8)c7cc65)c4)n3)cc2-c2cnccc2-n2c3ccccc3c3cc4c5ccccc5n(-c5ccccc5)c4cc32)CC1. The number of allylic oxidation sites excluding steroid dienone is 1. The van der Waals surface area contributed by atoms with E-state index in [0.717, 1.165) is 229 Å². The predicted molar refractivity (Wildman–Crippen MR) is 579 cm³/mol. The van der Waals surface area contributed by atoms with Crippen LogP contribution in [0.25, 0.3) is 271 Å². The van der Waals surface area contributed by atoms with E-state index in [1.807, 2.05) is 12.4 Å². The minimum atomic E-state index is 0.554. The van der Waals surface area contributed by atoms with Crippen molar-refractivity contribution in [3.63, 3.8) is 0 Å². The molecule has 652 valence electrons. The Hall–Kier alpha value is -18.8. The summed E-state index contributed by atoms with van der Waals surface area (Å²) in [4.78, 5) is 22.4. The second kappa shape index (κ2) is 30.4. The third-order valence-electron chi connectivity index (χ3n) is 29.7. The largest absolute Gasteiger partial charge is 0.309 e. The fraction of sp³-hybridized carbons (Fsp3) is 0.0156. The van der Waals surface area contributed by atoms with Crippen LogP contribution in [-0.2, 0) is 6.42 Å². The Balaban J connectivity index is 0.685. The molecule has 30 rings (SSSR count). The van der Waals surface area contributed by atoms with Gasteiger partial charge in [0.1, 0.15) is 0 Å². The molecular weight excluding hydrogens is 1710 g/mol. The molecule has 0 aliphatic heterocycles. The Morgan fingerprint density at radius 2 is 0.479 bits per heavy atom. The molecule has 29 aromatic rings. The van der Waals surface area contributed by atoms with Crippen molar-refractivity contribution in [3.8, 4) is 102 Å². The van der Waals surface area contributed by atoms with Crippen molar-refractivity contribution in [2.24, 2.45) is 0 Å². The zero-order chi connectivity index (χ0) is 91.5. The van der Waals surface area contributed by atoms with Gasteiger partial charge in [-0.2, -0.15) is 0 Å². The lowest BCUT2D eigenvalue weighted by atomic mass is 9.97. The van der Waals surface area contributed by atoms with Gasteiger partial charge < -0.3 is 36.5 Å². The molecule has 11 heterocycles. The van der Waals surface area contributed by atoms with Crippen LogP contribution in [0.15, 0.2) is 456 Å². The Labute approximate surface area is 801 Å². The van der Waals surface area contributed by atoms with Crippen molar-refractivity contribution in [1.29, 1.82) is 0 Å². The van der Waals surface area contributed by atoms with Crippen LogP contribution in [0, 0.1) is 0 Å². The molecular formula is C128H80N12. The highest BCUT2D eigenvalue weighted by Crippen LogP contribution is 2.51. The van der Waals surface area contributed by atoms with E-state index in [-0.39, 0.29) is 0 Å². The van der Waals surface area contributed by atoms with Gasteiger partial charge in [0.05, 0.1) is 117 Å². The lowest BCUT2D eigenvalue weighted by Gasteiger charge is -2.21. The van der Waals surface area contributed by atoms with Gasteiger partial charge in [0.25, 0.3) is 0 Å². The van der Waals surface area contributed by atoms with Gasteiger partial charge in [-0.25, -0.2) is 9.97 Å². The molecule has 0 N–H and O–H groups in total. The first-order valence-electron chi connectivity index (χ1n) is 48.0. The summed E-state index contributed by atoms with van der Waals surface area (Å²) >= 11 is 0. The second-order valence-corrected chi connectivity index (χ2v) is 37.1. The minimum Gasteiger partial charge on any atom is -0.309 e. The molecule has 1 aliphatic carbocycles. The van der Waals surface area contributed by atoms with Gasteiger partial charge in [0.2, 0.25) is 0 Å². The number of aromatic nitrogens is 12. The van der Waals surface area contributed by atoms with Crippen molar-refractivity contribution in [2.75, 3.05) is 0 Å². The molecule has 0 saturated heterocycles. The van der Waals surface area contributed by atoms with Gasteiger partial charge in [-0.15, -0.1) is 0 Å². The number of hydrogen-bond acceptors (Lipinski definition) is 4. The number of nitrogens with zero attached hydrogens (tertiary/aromatic N) is 12. The number of benzene rings is 18. The van der Waals surface area contributed by atoms with Crippen LogP contribution in [0.2, 0.25) is 0 Å². The average molecular weight is 1790 g/mol. The number of pyridine rings is 2. The number of fused-ring (bicyclic) bond motifs is 24. The quantitative estimate of drug-likeness (QED) is 0.115. The van der Waals surface area contributed by atoms with Gasteiger partial charge in [-0.05, 0) is 213 Å². The van der Waals surface area contributed by atoms with Crippen molar-refractivity contribution < 1.29 is 0 Å². The monoisotopic (exact) mass is 1780 g/mol. The Kier molecular flexibility index (Phi) is 16.8. The molecule has 0 bridgehead atoms. The molecule has 12 heteroatoms. The maximum absolute atomic E-state index is 6.04. The smallest absolute Gasteiger partial charge is 0.160 e. The Bertz CT molecular complexity index is 10300. The van der Waals surface area contributed by atoms with Crippen LogP contribution in [0.1, 0.15) is 17.7 Å². The molecule has 1 aliphatic rings. The van der Waals surface area contributed by atoms with Gasteiger partial charge in [0.15, 0.2) is 5.82 Å². The highest BCUT2D eigenvalue weighted by molar-refractivity contribution is 6.24. The maximum Gasteiger partial charge on any atom is 0.160 e. The lowest BCUT2D eigenvalue weighted by molar-refractivity contribution is 0.968. The number of rotatable bonds is 13. The number of hydrogen-bond donors (Lipinski definition) is 0. The molecule has 0 radical (unpaired) electrons. The molecule has 0 amide bonds. The van der Waals surface area contributed by atoms with Crippen LogP contribution < -0.4 is 0 Å². The summed E-state index contributed by atoms with van der Waals surface area (Å²) in [6, 6.07) is 156. The van der Waals surface area contributed by atoms with Crippen molar-refractivity contribution in [1.82, 2.24) is 56.5 Å². The van der Waals surface area contributed by atoms with Crippen LogP contribution >= 0.6 is 0 Å². The Morgan fingerprint density at radius 1 is 0.193 bits per heavy atom. The van der Waals surface area contributed by atoms with E-state index in [2.05, 4.69) is 486 Å². The standard InChI is InChI=1S/C128H80N12/c1-6-32-79(33-7-1)106-72-107(80-58-60-116(137-112-54-28-20-46-90(112)100-68-96-86-42-16-24-50-108(86)133(120(96)73-124(100)137)82-34-8-2-9-35-82)94(66-80)104-77-129-64-62-118(104)139-114-56-30-22-48-92(114)102-70-98-88-44-18-26-52-110(88)135(122(98)75-126(102)139)84-38-12-4-13-39-84)132-128(131-106)81-59-61-117(138-113-55-29-21-47-91(113)101-69-97-87-43-17-25-51-109(87)134(121(97)74-125(101)138)83-36-10-3-11-37-83)95(67-81)105-78-130-65-63-119(105)140-115-57-31-23-49-93(115)103-71-99-89-45-19-27-53-111(89)136(123(99)76-127(103)140)85-40-14-5-15-41-85/h1-20,22-46,48-78H,21,47H2. The highest BCUT2D eigenvalue weighted by atomic mass is 15.1. The second-order valence-electron chi connectivity index (χ2n) is 37.1. The maximum atomic E-state index is 6.04. The van der Waals surface area contributed by atoms with Gasteiger partial charge in [-0.3, -0.25) is 9.97 Å². The molecule has 0 fully saturated rings. The first-order chi connectivity index (χ1) is 69.5. The average Bonchev–Trinajstić information content (AvgIpc) is 1.57. The Morgan fingerprint density at radius 3 is 0.850 bits per heavy atom. The minimum absolute atomic E-state index is 0.554. The van der Waals surface area contributed by atoms with Gasteiger partial charge in [-0.1, -0.05) is 243 Å². The summed E-state index contributed by atoms with van der Waals surface area (Å²) in [6.45, 7) is 0. The van der Waals surface area contributed by atoms with E-state index < -0.39 is 0 Å². The zero-order valence-electron chi connectivity index (χ0n) is 75.7. The first-order valence-corrected chi connectivity index (χ1v) is 48.0. The van der Waals surface area contributed by atoms with E-state index in [4.69, 9.17) is 19.9 Å². The van der Waals surface area contributed by atoms with Gasteiger partial charge in [0, 0.05) is 173 Å². The van der Waals surface area contributed by atoms with E-state index >= 15 is 0 Å². The highest BCUT2D eigenvalue weighted by Gasteiger charge is 2.31. The normalized spacial score (nSPS) is 12.5. The summed E-state index contributed by atoms with van der Waals surface area (Å²) in [5.41, 5.74) is 35.2. The van der Waals surface area contributed by atoms with Crippen LogP contribution in [-0.4, -0.2) is 56.5 Å². The van der Waals surface area contributed by atoms with Crippen LogP contribution in [0.5, 0.6) is 0 Å². The summed E-state index contributed by atoms with van der Waals surface area (Å²) in [6.07, 6.45) is 14.6. The van der Waals surface area contributed by atoms with E-state index in [0.29, 0.717) is 5.82 Å².